The maximum Gasteiger partial charge on any atom is 0.262 e. The second kappa shape index (κ2) is 9.40. The first kappa shape index (κ1) is 19.9. The van der Waals surface area contributed by atoms with Gasteiger partial charge in [-0.1, -0.05) is 56.5 Å². The summed E-state index contributed by atoms with van der Waals surface area (Å²) in [5.74, 6) is 0.296. The Hall–Kier alpha value is -1.82. The second-order valence-corrected chi connectivity index (χ2v) is 8.37. The van der Waals surface area contributed by atoms with Crippen LogP contribution in [0.3, 0.4) is 0 Å². The standard InChI is InChI=1S/C21H29N3O2S/c1-3-4-5-6-9-15(2)22-19(25)14-27-21-23-18-11-8-7-10-17(18)20(26)24(21)16-12-13-16/h7-8,10-11,15-16H,3-6,9,12-14H2,1-2H3,(H,22,25)/t15-/m1/s1. The fourth-order valence-electron chi connectivity index (χ4n) is 3.28. The number of hydrogen-bond donors (Lipinski definition) is 1. The molecule has 1 amide bonds. The van der Waals surface area contributed by atoms with E-state index in [0.717, 1.165) is 25.7 Å². The molecule has 1 fully saturated rings. The van der Waals surface area contributed by atoms with Crippen molar-refractivity contribution in [3.63, 3.8) is 0 Å². The summed E-state index contributed by atoms with van der Waals surface area (Å²) in [6.07, 6.45) is 7.87. The molecule has 2 aromatic rings. The van der Waals surface area contributed by atoms with Crippen molar-refractivity contribution in [1.29, 1.82) is 0 Å². The Morgan fingerprint density at radius 3 is 2.81 bits per heavy atom. The Morgan fingerprint density at radius 2 is 2.07 bits per heavy atom. The monoisotopic (exact) mass is 387 g/mol. The number of rotatable bonds is 10. The molecule has 0 bridgehead atoms. The molecule has 3 rings (SSSR count). The normalized spacial score (nSPS) is 15.0. The number of nitrogens with one attached hydrogen (secondary N) is 1. The minimum atomic E-state index is 0.00717. The molecule has 146 valence electrons. The van der Waals surface area contributed by atoms with E-state index >= 15 is 0 Å². The van der Waals surface area contributed by atoms with Crippen molar-refractivity contribution in [2.24, 2.45) is 0 Å². The van der Waals surface area contributed by atoms with Gasteiger partial charge < -0.3 is 5.32 Å². The average molecular weight is 388 g/mol. The van der Waals surface area contributed by atoms with Crippen LogP contribution in [0, 0.1) is 0 Å². The molecule has 27 heavy (non-hydrogen) atoms. The Labute approximate surface area is 164 Å². The van der Waals surface area contributed by atoms with Crippen molar-refractivity contribution in [2.75, 3.05) is 5.75 Å². The molecule has 0 spiro atoms. The fourth-order valence-corrected chi connectivity index (χ4v) is 4.16. The minimum Gasteiger partial charge on any atom is -0.353 e. The van der Waals surface area contributed by atoms with Gasteiger partial charge in [0.05, 0.1) is 16.7 Å². The number of thioether (sulfide) groups is 1. The van der Waals surface area contributed by atoms with Crippen LogP contribution in [-0.4, -0.2) is 27.3 Å². The summed E-state index contributed by atoms with van der Waals surface area (Å²) in [7, 11) is 0. The van der Waals surface area contributed by atoms with E-state index in [1.54, 1.807) is 4.57 Å². The van der Waals surface area contributed by atoms with Gasteiger partial charge in [-0.25, -0.2) is 4.98 Å². The third-order valence-electron chi connectivity index (χ3n) is 4.92. The maximum atomic E-state index is 12.8. The van der Waals surface area contributed by atoms with E-state index in [1.807, 2.05) is 24.3 Å². The van der Waals surface area contributed by atoms with Gasteiger partial charge in [-0.2, -0.15) is 0 Å². The number of unbranched alkanes of at least 4 members (excludes halogenated alkanes) is 3. The third kappa shape index (κ3) is 5.34. The molecule has 6 heteroatoms. The summed E-state index contributed by atoms with van der Waals surface area (Å²) in [4.78, 5) is 29.8. The SMILES string of the molecule is CCCCCC[C@@H](C)NC(=O)CSc1nc2ccccc2c(=O)n1C1CC1. The second-order valence-electron chi connectivity index (χ2n) is 7.42. The van der Waals surface area contributed by atoms with Crippen LogP contribution in [0.5, 0.6) is 0 Å². The smallest absolute Gasteiger partial charge is 0.262 e. The topological polar surface area (TPSA) is 64.0 Å². The van der Waals surface area contributed by atoms with Crippen LogP contribution >= 0.6 is 11.8 Å². The van der Waals surface area contributed by atoms with Gasteiger partial charge in [-0.3, -0.25) is 14.2 Å². The van der Waals surface area contributed by atoms with Gasteiger partial charge in [0.1, 0.15) is 0 Å². The van der Waals surface area contributed by atoms with Gasteiger partial charge in [0.2, 0.25) is 5.91 Å². The Bertz CT molecular complexity index is 845. The summed E-state index contributed by atoms with van der Waals surface area (Å²) in [5.41, 5.74) is 0.710. The molecule has 1 aromatic heterocycles. The van der Waals surface area contributed by atoms with Crippen molar-refractivity contribution >= 4 is 28.6 Å². The molecule has 1 aliphatic rings. The number of nitrogens with zero attached hydrogens (tertiary/aromatic N) is 2. The highest BCUT2D eigenvalue weighted by Crippen LogP contribution is 2.36. The number of para-hydroxylation sites is 1. The lowest BCUT2D eigenvalue weighted by molar-refractivity contribution is -0.119. The van der Waals surface area contributed by atoms with Crippen molar-refractivity contribution < 1.29 is 4.79 Å². The molecule has 1 aromatic carbocycles. The molecule has 0 aliphatic heterocycles. The highest BCUT2D eigenvalue weighted by Gasteiger charge is 2.28. The quantitative estimate of drug-likeness (QED) is 0.375. The van der Waals surface area contributed by atoms with Gasteiger partial charge in [-0.05, 0) is 38.3 Å². The van der Waals surface area contributed by atoms with Crippen LogP contribution in [0.15, 0.2) is 34.2 Å². The first-order valence-electron chi connectivity index (χ1n) is 10.0. The summed E-state index contributed by atoms with van der Waals surface area (Å²) in [5, 5.41) is 4.38. The van der Waals surface area contributed by atoms with Gasteiger partial charge in [0.25, 0.3) is 5.56 Å². The van der Waals surface area contributed by atoms with Crippen LogP contribution in [0.2, 0.25) is 0 Å². The van der Waals surface area contributed by atoms with Crippen molar-refractivity contribution in [3.05, 3.63) is 34.6 Å². The fraction of sp³-hybridized carbons (Fsp3) is 0.571. The lowest BCUT2D eigenvalue weighted by atomic mass is 10.1. The van der Waals surface area contributed by atoms with E-state index < -0.39 is 0 Å². The Balaban J connectivity index is 1.62. The predicted molar refractivity (Wildman–Crippen MR) is 111 cm³/mol. The lowest BCUT2D eigenvalue weighted by Crippen LogP contribution is -2.34. The van der Waals surface area contributed by atoms with Gasteiger partial charge in [0, 0.05) is 12.1 Å². The zero-order chi connectivity index (χ0) is 19.2. The molecule has 0 unspecified atom stereocenters. The van der Waals surface area contributed by atoms with Crippen LogP contribution in [0.1, 0.15) is 64.8 Å². The Morgan fingerprint density at radius 1 is 1.30 bits per heavy atom. The largest absolute Gasteiger partial charge is 0.353 e. The zero-order valence-electron chi connectivity index (χ0n) is 16.2. The molecule has 5 nitrogen and oxygen atoms in total. The number of hydrogen-bond acceptors (Lipinski definition) is 4. The van der Waals surface area contributed by atoms with E-state index in [-0.39, 0.29) is 29.3 Å². The molecule has 0 radical (unpaired) electrons. The number of amides is 1. The molecular weight excluding hydrogens is 358 g/mol. The molecule has 1 atom stereocenters. The third-order valence-corrected chi connectivity index (χ3v) is 5.87. The summed E-state index contributed by atoms with van der Waals surface area (Å²) >= 11 is 1.37. The lowest BCUT2D eigenvalue weighted by Gasteiger charge is -2.15. The van der Waals surface area contributed by atoms with Crippen molar-refractivity contribution in [3.8, 4) is 0 Å². The number of carbonyl (C=O) groups is 1. The van der Waals surface area contributed by atoms with E-state index in [1.165, 1.54) is 31.0 Å². The van der Waals surface area contributed by atoms with E-state index in [0.29, 0.717) is 16.1 Å². The highest BCUT2D eigenvalue weighted by molar-refractivity contribution is 7.99. The number of benzene rings is 1. The molecule has 1 aliphatic carbocycles. The molecule has 1 heterocycles. The van der Waals surface area contributed by atoms with Crippen molar-refractivity contribution in [1.82, 2.24) is 14.9 Å². The highest BCUT2D eigenvalue weighted by atomic mass is 32.2. The number of aromatic nitrogens is 2. The zero-order valence-corrected chi connectivity index (χ0v) is 17.1. The van der Waals surface area contributed by atoms with Crippen LogP contribution in [0.25, 0.3) is 10.9 Å². The first-order chi connectivity index (χ1) is 13.1. The predicted octanol–water partition coefficient (Wildman–Crippen LogP) is 4.30. The van der Waals surface area contributed by atoms with Gasteiger partial charge >= 0.3 is 0 Å². The van der Waals surface area contributed by atoms with E-state index in [4.69, 9.17) is 0 Å². The van der Waals surface area contributed by atoms with Gasteiger partial charge in [0.15, 0.2) is 5.16 Å². The number of carbonyl (C=O) groups excluding carboxylic acids is 1. The molecule has 1 saturated carbocycles. The maximum absolute atomic E-state index is 12.8. The summed E-state index contributed by atoms with van der Waals surface area (Å²) in [6.45, 7) is 4.26. The van der Waals surface area contributed by atoms with Crippen LogP contribution < -0.4 is 10.9 Å². The molecule has 1 N–H and O–H groups in total. The van der Waals surface area contributed by atoms with Gasteiger partial charge in [-0.15, -0.1) is 0 Å². The first-order valence-corrected chi connectivity index (χ1v) is 11.0. The summed E-state index contributed by atoms with van der Waals surface area (Å²) in [6, 6.07) is 7.85. The average Bonchev–Trinajstić information content (AvgIpc) is 3.48. The van der Waals surface area contributed by atoms with Crippen LogP contribution in [-0.2, 0) is 4.79 Å². The van der Waals surface area contributed by atoms with E-state index in [9.17, 15) is 9.59 Å². The minimum absolute atomic E-state index is 0.00717. The molecular formula is C21H29N3O2S. The Kier molecular flexibility index (Phi) is 6.94. The number of fused-ring (bicyclic) bond motifs is 1. The molecule has 0 saturated heterocycles. The van der Waals surface area contributed by atoms with Crippen molar-refractivity contribution in [2.45, 2.75) is 76.0 Å². The van der Waals surface area contributed by atoms with Crippen LogP contribution in [0.4, 0.5) is 0 Å². The van der Waals surface area contributed by atoms with E-state index in [2.05, 4.69) is 24.1 Å². The summed E-state index contributed by atoms with van der Waals surface area (Å²) < 4.78 is 1.79.